The number of para-hydroxylation sites is 1. The van der Waals surface area contributed by atoms with Crippen molar-refractivity contribution < 1.29 is 14.5 Å². The zero-order chi connectivity index (χ0) is 19.5. The van der Waals surface area contributed by atoms with Gasteiger partial charge in [0.15, 0.2) is 0 Å². The summed E-state index contributed by atoms with van der Waals surface area (Å²) < 4.78 is 6.96. The summed E-state index contributed by atoms with van der Waals surface area (Å²) in [5.41, 5.74) is 1.91. The van der Waals surface area contributed by atoms with Crippen molar-refractivity contribution >= 4 is 17.3 Å². The van der Waals surface area contributed by atoms with E-state index in [9.17, 15) is 14.9 Å². The molecule has 8 nitrogen and oxygen atoms in total. The van der Waals surface area contributed by atoms with Crippen molar-refractivity contribution in [2.45, 2.75) is 25.5 Å². The van der Waals surface area contributed by atoms with Gasteiger partial charge in [-0.2, -0.15) is 5.10 Å². The van der Waals surface area contributed by atoms with Crippen molar-refractivity contribution in [2.75, 3.05) is 5.32 Å². The minimum absolute atomic E-state index is 0.0193. The smallest absolute Gasteiger partial charge is 0.338 e. The third-order valence-electron chi connectivity index (χ3n) is 4.38. The second-order valence-electron chi connectivity index (χ2n) is 6.57. The van der Waals surface area contributed by atoms with Crippen LogP contribution in [0, 0.1) is 10.1 Å². The van der Waals surface area contributed by atoms with Crippen LogP contribution < -0.4 is 5.32 Å². The van der Waals surface area contributed by atoms with Crippen LogP contribution >= 0.6 is 0 Å². The van der Waals surface area contributed by atoms with Gasteiger partial charge in [0.1, 0.15) is 18.0 Å². The molecule has 4 rings (SSSR count). The Morgan fingerprint density at radius 3 is 2.71 bits per heavy atom. The van der Waals surface area contributed by atoms with Crippen molar-refractivity contribution in [3.63, 3.8) is 0 Å². The normalized spacial score (nSPS) is 13.1. The maximum atomic E-state index is 12.3. The van der Waals surface area contributed by atoms with Gasteiger partial charge in [0.2, 0.25) is 0 Å². The van der Waals surface area contributed by atoms with E-state index in [1.54, 1.807) is 23.0 Å². The summed E-state index contributed by atoms with van der Waals surface area (Å²) in [6.45, 7) is -0.0193. The number of carbonyl (C=O) groups is 1. The molecule has 0 atom stereocenters. The standard InChI is InChI=1S/C20H18N4O4/c25-20(14-6-9-18(21-15-7-8-15)19(12-14)24(26)27)28-13-16-10-11-23(22-16)17-4-2-1-3-5-17/h1-6,9-12,15,21H,7-8,13H2. The van der Waals surface area contributed by atoms with Crippen molar-refractivity contribution in [1.29, 1.82) is 0 Å². The van der Waals surface area contributed by atoms with Crippen LogP contribution in [0.2, 0.25) is 0 Å². The number of nitro benzene ring substituents is 1. The maximum absolute atomic E-state index is 12.3. The van der Waals surface area contributed by atoms with Crippen molar-refractivity contribution in [3.8, 4) is 5.69 Å². The first kappa shape index (κ1) is 17.7. The molecule has 1 saturated carbocycles. The van der Waals surface area contributed by atoms with E-state index in [-0.39, 0.29) is 23.9 Å². The number of nitrogens with zero attached hydrogens (tertiary/aromatic N) is 3. The van der Waals surface area contributed by atoms with Crippen molar-refractivity contribution in [1.82, 2.24) is 9.78 Å². The molecule has 0 amide bonds. The lowest BCUT2D eigenvalue weighted by Crippen LogP contribution is -2.09. The molecular formula is C20H18N4O4. The maximum Gasteiger partial charge on any atom is 0.338 e. The molecule has 1 aliphatic carbocycles. The van der Waals surface area contributed by atoms with Crippen LogP contribution in [-0.4, -0.2) is 26.7 Å². The zero-order valence-corrected chi connectivity index (χ0v) is 14.9. The quantitative estimate of drug-likeness (QED) is 0.382. The highest BCUT2D eigenvalue weighted by Gasteiger charge is 2.25. The molecule has 0 bridgehead atoms. The number of hydrogen-bond acceptors (Lipinski definition) is 6. The molecule has 0 saturated heterocycles. The number of rotatable bonds is 7. The van der Waals surface area contributed by atoms with E-state index in [2.05, 4.69) is 10.4 Å². The van der Waals surface area contributed by atoms with Gasteiger partial charge in [-0.1, -0.05) is 18.2 Å². The van der Waals surface area contributed by atoms with E-state index >= 15 is 0 Å². The Morgan fingerprint density at radius 1 is 1.21 bits per heavy atom. The van der Waals surface area contributed by atoms with Gasteiger partial charge >= 0.3 is 5.97 Å². The number of benzene rings is 2. The minimum Gasteiger partial charge on any atom is -0.456 e. The van der Waals surface area contributed by atoms with E-state index < -0.39 is 10.9 Å². The third kappa shape index (κ3) is 4.01. The molecule has 0 radical (unpaired) electrons. The molecule has 0 unspecified atom stereocenters. The van der Waals surface area contributed by atoms with Crippen LogP contribution in [0.25, 0.3) is 5.69 Å². The molecule has 1 aromatic heterocycles. The Morgan fingerprint density at radius 2 is 2.00 bits per heavy atom. The average Bonchev–Trinajstić information content (AvgIpc) is 3.40. The molecule has 0 aliphatic heterocycles. The van der Waals surface area contributed by atoms with Gasteiger partial charge in [-0.15, -0.1) is 0 Å². The van der Waals surface area contributed by atoms with Gasteiger partial charge in [0.25, 0.3) is 5.69 Å². The first-order valence-corrected chi connectivity index (χ1v) is 8.92. The van der Waals surface area contributed by atoms with Crippen LogP contribution in [0.1, 0.15) is 28.9 Å². The Bertz CT molecular complexity index is 1010. The third-order valence-corrected chi connectivity index (χ3v) is 4.38. The Labute approximate surface area is 160 Å². The Kier molecular flexibility index (Phi) is 4.76. The number of aromatic nitrogens is 2. The molecule has 1 aliphatic rings. The molecule has 2 aromatic carbocycles. The fourth-order valence-corrected chi connectivity index (χ4v) is 2.77. The number of anilines is 1. The van der Waals surface area contributed by atoms with Crippen molar-refractivity contribution in [2.24, 2.45) is 0 Å². The summed E-state index contributed by atoms with van der Waals surface area (Å²) in [6.07, 6.45) is 3.77. The molecule has 8 heteroatoms. The number of ether oxygens (including phenoxy) is 1. The second kappa shape index (κ2) is 7.51. The highest BCUT2D eigenvalue weighted by atomic mass is 16.6. The highest BCUT2D eigenvalue weighted by Crippen LogP contribution is 2.31. The average molecular weight is 378 g/mol. The summed E-state index contributed by atoms with van der Waals surface area (Å²) in [6, 6.07) is 15.9. The van der Waals surface area contributed by atoms with Crippen LogP contribution in [0.15, 0.2) is 60.8 Å². The zero-order valence-electron chi connectivity index (χ0n) is 14.9. The lowest BCUT2D eigenvalue weighted by molar-refractivity contribution is -0.384. The topological polar surface area (TPSA) is 99.3 Å². The number of carbonyl (C=O) groups excluding carboxylic acids is 1. The predicted molar refractivity (Wildman–Crippen MR) is 102 cm³/mol. The van der Waals surface area contributed by atoms with E-state index in [0.717, 1.165) is 18.5 Å². The number of nitro groups is 1. The van der Waals surface area contributed by atoms with E-state index in [0.29, 0.717) is 11.4 Å². The van der Waals surface area contributed by atoms with Gasteiger partial charge < -0.3 is 10.1 Å². The van der Waals surface area contributed by atoms with E-state index in [4.69, 9.17) is 4.74 Å². The van der Waals surface area contributed by atoms with Crippen LogP contribution in [0.3, 0.4) is 0 Å². The lowest BCUT2D eigenvalue weighted by Gasteiger charge is -2.08. The van der Waals surface area contributed by atoms with Gasteiger partial charge in [0.05, 0.1) is 16.2 Å². The fourth-order valence-electron chi connectivity index (χ4n) is 2.77. The highest BCUT2D eigenvalue weighted by molar-refractivity contribution is 5.91. The first-order valence-electron chi connectivity index (χ1n) is 8.92. The molecule has 3 aromatic rings. The van der Waals surface area contributed by atoms with Gasteiger partial charge in [0, 0.05) is 18.3 Å². The van der Waals surface area contributed by atoms with Crippen LogP contribution in [-0.2, 0) is 11.3 Å². The summed E-state index contributed by atoms with van der Waals surface area (Å²) in [5, 5.41) is 18.8. The molecule has 0 spiro atoms. The minimum atomic E-state index is -0.629. The van der Waals surface area contributed by atoms with Crippen molar-refractivity contribution in [3.05, 3.63) is 82.2 Å². The van der Waals surface area contributed by atoms with Gasteiger partial charge in [-0.3, -0.25) is 10.1 Å². The number of nitrogens with one attached hydrogen (secondary N) is 1. The number of hydrogen-bond donors (Lipinski definition) is 1. The van der Waals surface area contributed by atoms with Crippen LogP contribution in [0.5, 0.6) is 0 Å². The largest absolute Gasteiger partial charge is 0.456 e. The number of esters is 1. The SMILES string of the molecule is O=C(OCc1ccn(-c2ccccc2)n1)c1ccc(NC2CC2)c([N+](=O)[O-])c1. The van der Waals surface area contributed by atoms with Gasteiger partial charge in [-0.05, 0) is 43.2 Å². The predicted octanol–water partition coefficient (Wildman–Crippen LogP) is 3.71. The van der Waals surface area contributed by atoms with Gasteiger partial charge in [-0.25, -0.2) is 9.48 Å². The molecular weight excluding hydrogens is 360 g/mol. The molecule has 28 heavy (non-hydrogen) atoms. The van der Waals surface area contributed by atoms with E-state index in [1.165, 1.54) is 12.1 Å². The summed E-state index contributed by atoms with van der Waals surface area (Å²) in [4.78, 5) is 23.1. The summed E-state index contributed by atoms with van der Waals surface area (Å²) in [5.74, 6) is -0.629. The summed E-state index contributed by atoms with van der Waals surface area (Å²) >= 11 is 0. The lowest BCUT2D eigenvalue weighted by atomic mass is 10.1. The van der Waals surface area contributed by atoms with E-state index in [1.807, 2.05) is 30.3 Å². The molecule has 1 N–H and O–H groups in total. The Balaban J connectivity index is 1.43. The second-order valence-corrected chi connectivity index (χ2v) is 6.57. The first-order chi connectivity index (χ1) is 13.6. The van der Waals surface area contributed by atoms with Crippen LogP contribution in [0.4, 0.5) is 11.4 Å². The molecule has 1 fully saturated rings. The molecule has 142 valence electrons. The molecule has 1 heterocycles. The monoisotopic (exact) mass is 378 g/mol. The Hall–Kier alpha value is -3.68. The fraction of sp³-hybridized carbons (Fsp3) is 0.200. The summed E-state index contributed by atoms with van der Waals surface area (Å²) in [7, 11) is 0.